The molecule has 0 bridgehead atoms. The minimum Gasteiger partial charge on any atom is -0.504 e. The number of benzene rings is 2. The molecular formula is C33H40ClFN4O4. The van der Waals surface area contributed by atoms with Crippen LogP contribution >= 0.6 is 11.6 Å². The van der Waals surface area contributed by atoms with Crippen LogP contribution < -0.4 is 5.32 Å². The zero-order chi connectivity index (χ0) is 30.9. The molecule has 2 aliphatic rings. The molecule has 230 valence electrons. The molecule has 1 saturated heterocycles. The van der Waals surface area contributed by atoms with Crippen LogP contribution in [-0.4, -0.2) is 76.1 Å². The third-order valence-electron chi connectivity index (χ3n) is 8.33. The Hall–Kier alpha value is -3.43. The van der Waals surface area contributed by atoms with Gasteiger partial charge >= 0.3 is 6.09 Å². The van der Waals surface area contributed by atoms with Crippen LogP contribution in [0, 0.1) is 11.7 Å². The monoisotopic (exact) mass is 610 g/mol. The number of amides is 1. The summed E-state index contributed by atoms with van der Waals surface area (Å²) in [6.07, 6.45) is 5.47. The molecule has 1 amide bonds. The largest absolute Gasteiger partial charge is 0.504 e. The summed E-state index contributed by atoms with van der Waals surface area (Å²) in [5, 5.41) is 14.1. The number of hydrogen-bond acceptors (Lipinski definition) is 7. The van der Waals surface area contributed by atoms with Crippen LogP contribution in [0.5, 0.6) is 5.75 Å². The van der Waals surface area contributed by atoms with Crippen LogP contribution in [0.15, 0.2) is 36.5 Å². The number of nitrogens with one attached hydrogen (secondary N) is 1. The number of aromatic nitrogens is 1. The fourth-order valence-corrected chi connectivity index (χ4v) is 6.23. The van der Waals surface area contributed by atoms with E-state index in [1.807, 2.05) is 39.0 Å². The summed E-state index contributed by atoms with van der Waals surface area (Å²) in [5.41, 5.74) is 2.72. The van der Waals surface area contributed by atoms with Crippen LogP contribution in [0.25, 0.3) is 22.0 Å². The number of hydrogen-bond donors (Lipinski definition) is 2. The van der Waals surface area contributed by atoms with Gasteiger partial charge in [0.25, 0.3) is 0 Å². The highest BCUT2D eigenvalue weighted by Gasteiger charge is 2.29. The Labute approximate surface area is 257 Å². The molecule has 3 aromatic rings. The van der Waals surface area contributed by atoms with E-state index >= 15 is 0 Å². The SMILES string of the molecule is CC(=O)c1cnc2ccc(-c3cc(F)c(O)c(Cl)c3)cc2c1NC1CCC(CN2CCN(C(=O)OC(C)(C)C)CC2)CC1. The molecule has 5 rings (SSSR count). The number of ether oxygens (including phenoxy) is 1. The first-order chi connectivity index (χ1) is 20.4. The van der Waals surface area contributed by atoms with Crippen LogP contribution in [0.1, 0.15) is 63.7 Å². The Morgan fingerprint density at radius 3 is 2.40 bits per heavy atom. The topological polar surface area (TPSA) is 95.0 Å². The first-order valence-electron chi connectivity index (χ1n) is 15.0. The van der Waals surface area contributed by atoms with Gasteiger partial charge < -0.3 is 20.1 Å². The predicted molar refractivity (Wildman–Crippen MR) is 167 cm³/mol. The summed E-state index contributed by atoms with van der Waals surface area (Å²) >= 11 is 6.04. The summed E-state index contributed by atoms with van der Waals surface area (Å²) in [6, 6.07) is 8.53. The second-order valence-electron chi connectivity index (χ2n) is 12.8. The van der Waals surface area contributed by atoms with Crippen molar-refractivity contribution in [3.05, 3.63) is 52.9 Å². The van der Waals surface area contributed by atoms with Crippen molar-refractivity contribution in [1.29, 1.82) is 0 Å². The van der Waals surface area contributed by atoms with Gasteiger partial charge in [0.15, 0.2) is 17.3 Å². The predicted octanol–water partition coefficient (Wildman–Crippen LogP) is 7.13. The van der Waals surface area contributed by atoms with Gasteiger partial charge in [0.05, 0.1) is 21.8 Å². The summed E-state index contributed by atoms with van der Waals surface area (Å²) in [7, 11) is 0. The van der Waals surface area contributed by atoms with Crippen LogP contribution in [0.2, 0.25) is 5.02 Å². The van der Waals surface area contributed by atoms with E-state index < -0.39 is 17.2 Å². The molecule has 0 unspecified atom stereocenters. The Bertz CT molecular complexity index is 1490. The number of carbonyl (C=O) groups is 2. The molecule has 2 fully saturated rings. The van der Waals surface area contributed by atoms with Gasteiger partial charge in [-0.2, -0.15) is 0 Å². The number of pyridine rings is 1. The maximum Gasteiger partial charge on any atom is 0.410 e. The number of nitrogens with zero attached hydrogens (tertiary/aromatic N) is 3. The number of rotatable bonds is 6. The quantitative estimate of drug-likeness (QED) is 0.287. The van der Waals surface area contributed by atoms with E-state index in [0.29, 0.717) is 35.7 Å². The number of carbonyl (C=O) groups excluding carboxylic acids is 2. The maximum atomic E-state index is 14.3. The molecule has 10 heteroatoms. The lowest BCUT2D eigenvalue weighted by atomic mass is 9.85. The second kappa shape index (κ2) is 12.7. The van der Waals surface area contributed by atoms with Gasteiger partial charge in [0.2, 0.25) is 0 Å². The highest BCUT2D eigenvalue weighted by molar-refractivity contribution is 6.32. The number of aromatic hydroxyl groups is 1. The first-order valence-corrected chi connectivity index (χ1v) is 15.3. The van der Waals surface area contributed by atoms with Crippen molar-refractivity contribution in [3.8, 4) is 16.9 Å². The van der Waals surface area contributed by atoms with E-state index in [-0.39, 0.29) is 22.9 Å². The number of halogens is 2. The van der Waals surface area contributed by atoms with E-state index in [0.717, 1.165) is 61.9 Å². The Kier molecular flexibility index (Phi) is 9.13. The fourth-order valence-electron chi connectivity index (χ4n) is 6.02. The summed E-state index contributed by atoms with van der Waals surface area (Å²) in [5.74, 6) is -0.875. The number of Topliss-reactive ketones (excluding diaryl/α,β-unsaturated/α-hetero) is 1. The third-order valence-corrected chi connectivity index (χ3v) is 8.62. The minimum absolute atomic E-state index is 0.0641. The lowest BCUT2D eigenvalue weighted by molar-refractivity contribution is 0.0128. The van der Waals surface area contributed by atoms with Crippen LogP contribution in [0.4, 0.5) is 14.9 Å². The first kappa shape index (κ1) is 31.0. The smallest absolute Gasteiger partial charge is 0.410 e. The zero-order valence-electron chi connectivity index (χ0n) is 25.3. The Balaban J connectivity index is 1.24. The average molecular weight is 611 g/mol. The molecule has 1 aromatic heterocycles. The van der Waals surface area contributed by atoms with Crippen molar-refractivity contribution >= 4 is 40.1 Å². The van der Waals surface area contributed by atoms with Crippen LogP contribution in [0.3, 0.4) is 0 Å². The molecule has 2 heterocycles. The summed E-state index contributed by atoms with van der Waals surface area (Å²) < 4.78 is 19.8. The van der Waals surface area contributed by atoms with Crippen molar-refractivity contribution < 1.29 is 23.8 Å². The van der Waals surface area contributed by atoms with Gasteiger partial charge in [-0.3, -0.25) is 14.7 Å². The highest BCUT2D eigenvalue weighted by Crippen LogP contribution is 2.37. The van der Waals surface area contributed by atoms with Crippen molar-refractivity contribution in [2.75, 3.05) is 38.0 Å². The molecule has 43 heavy (non-hydrogen) atoms. The summed E-state index contributed by atoms with van der Waals surface area (Å²) in [4.78, 5) is 33.8. The second-order valence-corrected chi connectivity index (χ2v) is 13.2. The van der Waals surface area contributed by atoms with E-state index in [9.17, 15) is 19.1 Å². The van der Waals surface area contributed by atoms with E-state index in [4.69, 9.17) is 16.3 Å². The Morgan fingerprint density at radius 2 is 1.77 bits per heavy atom. The molecule has 1 aliphatic carbocycles. The lowest BCUT2D eigenvalue weighted by Gasteiger charge is -2.38. The molecule has 0 spiro atoms. The zero-order valence-corrected chi connectivity index (χ0v) is 26.0. The molecule has 8 nitrogen and oxygen atoms in total. The van der Waals surface area contributed by atoms with Gasteiger partial charge in [-0.1, -0.05) is 17.7 Å². The minimum atomic E-state index is -0.793. The van der Waals surface area contributed by atoms with E-state index in [1.165, 1.54) is 19.1 Å². The molecule has 1 aliphatic heterocycles. The molecule has 0 atom stereocenters. The van der Waals surface area contributed by atoms with E-state index in [1.54, 1.807) is 11.1 Å². The number of phenols is 1. The van der Waals surface area contributed by atoms with E-state index in [2.05, 4.69) is 15.2 Å². The molecule has 2 aromatic carbocycles. The highest BCUT2D eigenvalue weighted by atomic mass is 35.5. The maximum absolute atomic E-state index is 14.3. The number of fused-ring (bicyclic) bond motifs is 1. The standard InChI is InChI=1S/C33H40ClFN4O4/c1-20(40)26-18-36-29-10-7-22(23-16-27(34)31(41)28(35)17-23)15-25(29)30(26)37-24-8-5-21(6-9-24)19-38-11-13-39(14-12-38)32(42)43-33(2,3)4/h7,10,15-18,21,24,41H,5-6,8-9,11-14,19H2,1-4H3,(H,36,37). The van der Waals surface area contributed by atoms with Gasteiger partial charge in [0.1, 0.15) is 5.60 Å². The van der Waals surface area contributed by atoms with Gasteiger partial charge in [-0.25, -0.2) is 9.18 Å². The summed E-state index contributed by atoms with van der Waals surface area (Å²) in [6.45, 7) is 11.3. The number of piperazine rings is 1. The normalized spacial score (nSPS) is 19.8. The number of ketones is 1. The third kappa shape index (κ3) is 7.39. The van der Waals surface area contributed by atoms with Crippen molar-refractivity contribution in [3.63, 3.8) is 0 Å². The van der Waals surface area contributed by atoms with Crippen LogP contribution in [-0.2, 0) is 4.74 Å². The van der Waals surface area contributed by atoms with Crippen molar-refractivity contribution in [2.24, 2.45) is 5.92 Å². The molecule has 2 N–H and O–H groups in total. The number of anilines is 1. The van der Waals surface area contributed by atoms with Crippen molar-refractivity contribution in [2.45, 2.75) is 65.0 Å². The van der Waals surface area contributed by atoms with Gasteiger partial charge in [0, 0.05) is 50.3 Å². The molecule has 1 saturated carbocycles. The van der Waals surface area contributed by atoms with Gasteiger partial charge in [-0.05, 0) is 94.7 Å². The van der Waals surface area contributed by atoms with Crippen molar-refractivity contribution in [1.82, 2.24) is 14.8 Å². The average Bonchev–Trinajstić information content (AvgIpc) is 2.96. The fraction of sp³-hybridized carbons (Fsp3) is 0.485. The molecular weight excluding hydrogens is 571 g/mol. The Morgan fingerprint density at radius 1 is 1.07 bits per heavy atom. The lowest BCUT2D eigenvalue weighted by Crippen LogP contribution is -2.51. The molecule has 0 radical (unpaired) electrons. The van der Waals surface area contributed by atoms with Gasteiger partial charge in [-0.15, -0.1) is 0 Å². The number of phenolic OH excluding ortho intramolecular Hbond substituents is 1.